The minimum atomic E-state index is -0.716. The molecule has 0 spiro atoms. The molecule has 34 heavy (non-hydrogen) atoms. The fourth-order valence-corrected chi connectivity index (χ4v) is 3.63. The zero-order valence-electron chi connectivity index (χ0n) is 18.2. The summed E-state index contributed by atoms with van der Waals surface area (Å²) >= 11 is 0. The second kappa shape index (κ2) is 9.53. The molecule has 0 atom stereocenters. The van der Waals surface area contributed by atoms with Crippen LogP contribution in [0.4, 0.5) is 10.1 Å². The fraction of sp³-hybridized carbons (Fsp3) is 0.120. The first-order chi connectivity index (χ1) is 16.4. The Kier molecular flexibility index (Phi) is 6.35. The average Bonchev–Trinajstić information content (AvgIpc) is 2.84. The first kappa shape index (κ1) is 22.7. The first-order valence-corrected chi connectivity index (χ1v) is 10.5. The van der Waals surface area contributed by atoms with Gasteiger partial charge in [-0.1, -0.05) is 36.4 Å². The van der Waals surface area contributed by atoms with Crippen molar-refractivity contribution < 1.29 is 14.0 Å². The third-order valence-corrected chi connectivity index (χ3v) is 5.34. The standard InChI is InChI=1S/C25H21FN4O4/c1-27-22(31)14-16-10-12-17(13-11-16)30-24(33)18-6-2-5-9-21(18)29(25(30)34)15-23(32)28-20-8-4-3-7-19(20)26/h2-13H,14-15H2,1H3,(H,27,31)(H,28,32). The molecule has 0 aliphatic carbocycles. The van der Waals surface area contributed by atoms with Crippen molar-refractivity contribution in [2.24, 2.45) is 0 Å². The Hall–Kier alpha value is -4.53. The molecular formula is C25H21FN4O4. The lowest BCUT2D eigenvalue weighted by atomic mass is 10.1. The van der Waals surface area contributed by atoms with Gasteiger partial charge in [0.2, 0.25) is 11.8 Å². The molecule has 8 nitrogen and oxygen atoms in total. The number of nitrogens with one attached hydrogen (secondary N) is 2. The van der Waals surface area contributed by atoms with Crippen molar-refractivity contribution in [3.05, 3.63) is 105 Å². The Bertz CT molecular complexity index is 1510. The number of likely N-dealkylation sites (N-methyl/N-ethyl adjacent to an activating group) is 1. The molecule has 0 aliphatic heterocycles. The minimum absolute atomic E-state index is 0.00937. The van der Waals surface area contributed by atoms with Crippen molar-refractivity contribution in [2.45, 2.75) is 13.0 Å². The molecule has 0 radical (unpaired) electrons. The number of carbonyl (C=O) groups excluding carboxylic acids is 2. The monoisotopic (exact) mass is 460 g/mol. The zero-order valence-corrected chi connectivity index (χ0v) is 18.2. The second-order valence-corrected chi connectivity index (χ2v) is 7.57. The molecule has 2 N–H and O–H groups in total. The lowest BCUT2D eigenvalue weighted by molar-refractivity contribution is -0.120. The topological polar surface area (TPSA) is 102 Å². The van der Waals surface area contributed by atoms with Crippen LogP contribution in [0.1, 0.15) is 5.56 Å². The van der Waals surface area contributed by atoms with Gasteiger partial charge in [0.1, 0.15) is 12.4 Å². The Balaban J connectivity index is 1.77. The first-order valence-electron chi connectivity index (χ1n) is 10.5. The van der Waals surface area contributed by atoms with E-state index in [1.165, 1.54) is 29.8 Å². The number of hydrogen-bond acceptors (Lipinski definition) is 4. The maximum Gasteiger partial charge on any atom is 0.336 e. The number of nitrogens with zero attached hydrogens (tertiary/aromatic N) is 2. The van der Waals surface area contributed by atoms with Crippen LogP contribution < -0.4 is 21.9 Å². The van der Waals surface area contributed by atoms with Gasteiger partial charge in [-0.25, -0.2) is 13.8 Å². The molecule has 3 aromatic carbocycles. The summed E-state index contributed by atoms with van der Waals surface area (Å²) in [6, 6.07) is 18.6. The average molecular weight is 460 g/mol. The number of para-hydroxylation sites is 2. The van der Waals surface area contributed by atoms with E-state index in [4.69, 9.17) is 0 Å². The molecule has 1 heterocycles. The SMILES string of the molecule is CNC(=O)Cc1ccc(-n2c(=O)c3ccccc3n(CC(=O)Nc3ccccc3F)c2=O)cc1. The van der Waals surface area contributed by atoms with Crippen molar-refractivity contribution in [3.63, 3.8) is 0 Å². The summed E-state index contributed by atoms with van der Waals surface area (Å²) in [6.07, 6.45) is 0.157. The smallest absolute Gasteiger partial charge is 0.336 e. The van der Waals surface area contributed by atoms with Gasteiger partial charge in [-0.2, -0.15) is 0 Å². The van der Waals surface area contributed by atoms with E-state index in [2.05, 4.69) is 10.6 Å². The summed E-state index contributed by atoms with van der Waals surface area (Å²) in [4.78, 5) is 50.8. The number of halogens is 1. The summed E-state index contributed by atoms with van der Waals surface area (Å²) in [5.74, 6) is -1.39. The maximum atomic E-state index is 13.9. The van der Waals surface area contributed by atoms with E-state index in [0.717, 1.165) is 4.57 Å². The lowest BCUT2D eigenvalue weighted by Gasteiger charge is -2.14. The number of benzene rings is 3. The van der Waals surface area contributed by atoms with Crippen LogP contribution in [0.3, 0.4) is 0 Å². The summed E-state index contributed by atoms with van der Waals surface area (Å²) in [5, 5.41) is 5.24. The number of fused-ring (bicyclic) bond motifs is 1. The summed E-state index contributed by atoms with van der Waals surface area (Å²) in [7, 11) is 1.54. The molecule has 0 unspecified atom stereocenters. The van der Waals surface area contributed by atoms with E-state index in [9.17, 15) is 23.6 Å². The van der Waals surface area contributed by atoms with Crippen molar-refractivity contribution in [2.75, 3.05) is 12.4 Å². The number of rotatable bonds is 6. The third-order valence-electron chi connectivity index (χ3n) is 5.34. The highest BCUT2D eigenvalue weighted by Gasteiger charge is 2.17. The Labute approximate surface area is 193 Å². The van der Waals surface area contributed by atoms with Crippen LogP contribution in [0.2, 0.25) is 0 Å². The van der Waals surface area contributed by atoms with E-state index in [-0.39, 0.29) is 28.9 Å². The lowest BCUT2D eigenvalue weighted by Crippen LogP contribution is -2.40. The Morgan fingerprint density at radius 3 is 2.26 bits per heavy atom. The van der Waals surface area contributed by atoms with E-state index < -0.39 is 29.5 Å². The molecular weight excluding hydrogens is 439 g/mol. The molecule has 0 fully saturated rings. The molecule has 0 aliphatic rings. The second-order valence-electron chi connectivity index (χ2n) is 7.57. The highest BCUT2D eigenvalue weighted by molar-refractivity contribution is 5.91. The van der Waals surface area contributed by atoms with Crippen LogP contribution >= 0.6 is 0 Å². The molecule has 0 saturated carbocycles. The summed E-state index contributed by atoms with van der Waals surface area (Å²) in [6.45, 7) is -0.428. The van der Waals surface area contributed by atoms with Crippen LogP contribution in [-0.2, 0) is 22.6 Å². The van der Waals surface area contributed by atoms with E-state index in [1.54, 1.807) is 54.6 Å². The Morgan fingerprint density at radius 1 is 0.882 bits per heavy atom. The third kappa shape index (κ3) is 4.49. The molecule has 0 saturated heterocycles. The van der Waals surface area contributed by atoms with Crippen molar-refractivity contribution in [1.82, 2.24) is 14.5 Å². The van der Waals surface area contributed by atoms with Crippen molar-refractivity contribution >= 4 is 28.4 Å². The Morgan fingerprint density at radius 2 is 1.56 bits per heavy atom. The van der Waals surface area contributed by atoms with Gasteiger partial charge in [0.25, 0.3) is 5.56 Å². The van der Waals surface area contributed by atoms with Crippen LogP contribution in [-0.4, -0.2) is 28.0 Å². The fourth-order valence-electron chi connectivity index (χ4n) is 3.63. The number of hydrogen-bond donors (Lipinski definition) is 2. The molecule has 2 amide bonds. The number of anilines is 1. The molecule has 4 rings (SSSR count). The summed E-state index contributed by atoms with van der Waals surface area (Å²) < 4.78 is 16.1. The van der Waals surface area contributed by atoms with Crippen LogP contribution in [0.25, 0.3) is 16.6 Å². The van der Waals surface area contributed by atoms with Gasteiger partial charge in [0.15, 0.2) is 0 Å². The van der Waals surface area contributed by atoms with Gasteiger partial charge in [-0.3, -0.25) is 19.0 Å². The maximum absolute atomic E-state index is 13.9. The van der Waals surface area contributed by atoms with Crippen LogP contribution in [0.15, 0.2) is 82.4 Å². The van der Waals surface area contributed by atoms with Crippen LogP contribution in [0, 0.1) is 5.82 Å². The van der Waals surface area contributed by atoms with Gasteiger partial charge >= 0.3 is 5.69 Å². The molecule has 0 bridgehead atoms. The molecule has 172 valence electrons. The molecule has 9 heteroatoms. The quantitative estimate of drug-likeness (QED) is 0.461. The largest absolute Gasteiger partial charge is 0.359 e. The highest BCUT2D eigenvalue weighted by atomic mass is 19.1. The molecule has 4 aromatic rings. The summed E-state index contributed by atoms with van der Waals surface area (Å²) in [5.41, 5.74) is 0.0293. The van der Waals surface area contributed by atoms with E-state index in [1.807, 2.05) is 0 Å². The van der Waals surface area contributed by atoms with Crippen molar-refractivity contribution in [3.8, 4) is 5.69 Å². The van der Waals surface area contributed by atoms with Gasteiger partial charge in [0.05, 0.1) is 28.7 Å². The number of amides is 2. The van der Waals surface area contributed by atoms with Crippen molar-refractivity contribution in [1.29, 1.82) is 0 Å². The minimum Gasteiger partial charge on any atom is -0.359 e. The normalized spacial score (nSPS) is 10.8. The van der Waals surface area contributed by atoms with Crippen LogP contribution in [0.5, 0.6) is 0 Å². The molecule has 1 aromatic heterocycles. The van der Waals surface area contributed by atoms with Gasteiger partial charge in [-0.15, -0.1) is 0 Å². The zero-order chi connectivity index (χ0) is 24.2. The predicted octanol–water partition coefficient (Wildman–Crippen LogP) is 2.22. The van der Waals surface area contributed by atoms with E-state index >= 15 is 0 Å². The number of carbonyl (C=O) groups is 2. The van der Waals surface area contributed by atoms with Gasteiger partial charge in [-0.05, 0) is 42.0 Å². The van der Waals surface area contributed by atoms with Gasteiger partial charge in [0, 0.05) is 7.05 Å². The predicted molar refractivity (Wildman–Crippen MR) is 127 cm³/mol. The van der Waals surface area contributed by atoms with E-state index in [0.29, 0.717) is 11.3 Å². The van der Waals surface area contributed by atoms with Gasteiger partial charge < -0.3 is 10.6 Å². The number of aromatic nitrogens is 2. The highest BCUT2D eigenvalue weighted by Crippen LogP contribution is 2.14.